The number of nitrogens with one attached hydrogen (secondary N) is 1. The second-order valence-electron chi connectivity index (χ2n) is 2.04. The Bertz CT molecular complexity index is 320. The molecule has 2 rings (SSSR count). The van der Waals surface area contributed by atoms with Crippen molar-refractivity contribution in [3.05, 3.63) is 28.1 Å². The molecule has 2 nitrogen and oxygen atoms in total. The summed E-state index contributed by atoms with van der Waals surface area (Å²) in [5.74, 6) is 0. The summed E-state index contributed by atoms with van der Waals surface area (Å²) in [6.07, 6.45) is 0. The van der Waals surface area contributed by atoms with Crippen LogP contribution in [0.5, 0.6) is 0 Å². The van der Waals surface area contributed by atoms with E-state index in [1.807, 2.05) is 24.3 Å². The number of fused-ring (bicyclic) bond motifs is 1. The molecule has 0 unspecified atom stereocenters. The third kappa shape index (κ3) is 0.901. The third-order valence-corrected chi connectivity index (χ3v) is 1.87. The number of hydrogen-bond donors (Lipinski definition) is 1. The molecule has 0 amide bonds. The van der Waals surface area contributed by atoms with E-state index in [9.17, 15) is 0 Å². The van der Waals surface area contributed by atoms with Gasteiger partial charge in [0, 0.05) is 0 Å². The minimum Gasteiger partial charge on any atom is -0.333 e. The summed E-state index contributed by atoms with van der Waals surface area (Å²) in [6.45, 7) is 0. The minimum absolute atomic E-state index is 0.943. The highest BCUT2D eigenvalue weighted by atomic mass is 127. The van der Waals surface area contributed by atoms with Gasteiger partial charge in [0.2, 0.25) is 0 Å². The Morgan fingerprint density at radius 2 is 2.10 bits per heavy atom. The number of nitrogens with zero attached hydrogens (tertiary/aromatic N) is 1. The van der Waals surface area contributed by atoms with Crippen molar-refractivity contribution in [3.8, 4) is 0 Å². The number of halogens is 1. The van der Waals surface area contributed by atoms with Crippen LogP contribution in [0.15, 0.2) is 24.3 Å². The summed E-state index contributed by atoms with van der Waals surface area (Å²) in [7, 11) is 0. The fourth-order valence-electron chi connectivity index (χ4n) is 0.922. The predicted octanol–water partition coefficient (Wildman–Crippen LogP) is 2.17. The van der Waals surface area contributed by atoms with Crippen LogP contribution in [0.25, 0.3) is 11.0 Å². The maximum Gasteiger partial charge on any atom is 0.169 e. The molecule has 1 aromatic carbocycles. The van der Waals surface area contributed by atoms with Crippen molar-refractivity contribution in [2.24, 2.45) is 0 Å². The molecule has 50 valence electrons. The first-order chi connectivity index (χ1) is 4.86. The molecule has 3 heteroatoms. The Kier molecular flexibility index (Phi) is 1.37. The lowest BCUT2D eigenvalue weighted by Gasteiger charge is -1.81. The quantitative estimate of drug-likeness (QED) is 0.707. The van der Waals surface area contributed by atoms with E-state index < -0.39 is 0 Å². The smallest absolute Gasteiger partial charge is 0.169 e. The fourth-order valence-corrected chi connectivity index (χ4v) is 1.47. The average Bonchev–Trinajstić information content (AvgIpc) is 2.27. The second-order valence-corrected chi connectivity index (χ2v) is 3.07. The molecule has 1 N–H and O–H groups in total. The zero-order valence-corrected chi connectivity index (χ0v) is 7.29. The first kappa shape index (κ1) is 6.15. The zero-order valence-electron chi connectivity index (χ0n) is 5.13. The van der Waals surface area contributed by atoms with Crippen molar-refractivity contribution in [1.29, 1.82) is 0 Å². The van der Waals surface area contributed by atoms with Crippen LogP contribution in [0.2, 0.25) is 0 Å². The van der Waals surface area contributed by atoms with Gasteiger partial charge in [-0.3, -0.25) is 0 Å². The lowest BCUT2D eigenvalue weighted by molar-refractivity contribution is 1.26. The van der Waals surface area contributed by atoms with Crippen LogP contribution in [0.3, 0.4) is 0 Å². The van der Waals surface area contributed by atoms with Crippen LogP contribution in [0.4, 0.5) is 0 Å². The minimum atomic E-state index is 0.943. The Hall–Kier alpha value is -0.580. The van der Waals surface area contributed by atoms with E-state index in [-0.39, 0.29) is 0 Å². The maximum atomic E-state index is 4.24. The van der Waals surface area contributed by atoms with Crippen LogP contribution in [0, 0.1) is 3.83 Å². The van der Waals surface area contributed by atoms with Crippen molar-refractivity contribution < 1.29 is 0 Å². The van der Waals surface area contributed by atoms with Crippen LogP contribution in [-0.2, 0) is 0 Å². The highest BCUT2D eigenvalue weighted by molar-refractivity contribution is 14.1. The van der Waals surface area contributed by atoms with Crippen molar-refractivity contribution >= 4 is 33.6 Å². The number of imidazole rings is 1. The SMILES string of the molecule is Ic1nc2ccccc2[nH]1. The molecular weight excluding hydrogens is 239 g/mol. The topological polar surface area (TPSA) is 28.7 Å². The molecule has 0 fully saturated rings. The normalized spacial score (nSPS) is 10.5. The van der Waals surface area contributed by atoms with Crippen LogP contribution in [0.1, 0.15) is 0 Å². The van der Waals surface area contributed by atoms with Gasteiger partial charge in [-0.1, -0.05) is 12.1 Å². The van der Waals surface area contributed by atoms with E-state index in [4.69, 9.17) is 0 Å². The number of aromatic nitrogens is 2. The van der Waals surface area contributed by atoms with Gasteiger partial charge in [0.15, 0.2) is 3.83 Å². The summed E-state index contributed by atoms with van der Waals surface area (Å²) in [4.78, 5) is 7.38. The molecule has 0 saturated carbocycles. The van der Waals surface area contributed by atoms with Crippen molar-refractivity contribution in [2.45, 2.75) is 0 Å². The molecule has 0 aliphatic heterocycles. The Balaban J connectivity index is 2.88. The van der Waals surface area contributed by atoms with E-state index in [0.717, 1.165) is 14.9 Å². The molecule has 0 saturated heterocycles. The lowest BCUT2D eigenvalue weighted by atomic mass is 10.3. The summed E-state index contributed by atoms with van der Waals surface area (Å²) in [6, 6.07) is 7.99. The van der Waals surface area contributed by atoms with E-state index in [2.05, 4.69) is 32.6 Å². The molecule has 0 bridgehead atoms. The maximum absolute atomic E-state index is 4.24. The van der Waals surface area contributed by atoms with Crippen LogP contribution < -0.4 is 0 Å². The van der Waals surface area contributed by atoms with Gasteiger partial charge in [0.25, 0.3) is 0 Å². The molecule has 1 heterocycles. The van der Waals surface area contributed by atoms with E-state index >= 15 is 0 Å². The number of rotatable bonds is 0. The van der Waals surface area contributed by atoms with Crippen molar-refractivity contribution in [3.63, 3.8) is 0 Å². The first-order valence-electron chi connectivity index (χ1n) is 2.96. The highest BCUT2D eigenvalue weighted by Gasteiger charge is 1.95. The van der Waals surface area contributed by atoms with E-state index in [0.29, 0.717) is 0 Å². The molecular formula is C7H5IN2. The van der Waals surface area contributed by atoms with Gasteiger partial charge in [-0.05, 0) is 34.7 Å². The molecule has 0 radical (unpaired) electrons. The van der Waals surface area contributed by atoms with Gasteiger partial charge in [-0.15, -0.1) is 0 Å². The predicted molar refractivity (Wildman–Crippen MR) is 48.8 cm³/mol. The molecule has 0 aliphatic rings. The van der Waals surface area contributed by atoms with Gasteiger partial charge < -0.3 is 4.98 Å². The van der Waals surface area contributed by atoms with Crippen molar-refractivity contribution in [2.75, 3.05) is 0 Å². The largest absolute Gasteiger partial charge is 0.333 e. The third-order valence-electron chi connectivity index (χ3n) is 1.36. The first-order valence-corrected chi connectivity index (χ1v) is 4.04. The van der Waals surface area contributed by atoms with Crippen molar-refractivity contribution in [1.82, 2.24) is 9.97 Å². The Labute approximate surface area is 71.8 Å². The highest BCUT2D eigenvalue weighted by Crippen LogP contribution is 2.10. The number of H-pyrrole nitrogens is 1. The standard InChI is InChI=1S/C7H5IN2/c8-7-9-5-3-1-2-4-6(5)10-7/h1-4H,(H,9,10). The number of benzene rings is 1. The molecule has 0 atom stereocenters. The molecule has 10 heavy (non-hydrogen) atoms. The van der Waals surface area contributed by atoms with E-state index in [1.165, 1.54) is 0 Å². The summed E-state index contributed by atoms with van der Waals surface area (Å²) in [5.41, 5.74) is 2.14. The summed E-state index contributed by atoms with van der Waals surface area (Å²) >= 11 is 2.17. The Morgan fingerprint density at radius 3 is 2.90 bits per heavy atom. The van der Waals surface area contributed by atoms with Gasteiger partial charge >= 0.3 is 0 Å². The zero-order chi connectivity index (χ0) is 6.97. The lowest BCUT2D eigenvalue weighted by Crippen LogP contribution is -1.66. The van der Waals surface area contributed by atoms with Gasteiger partial charge in [0.1, 0.15) is 0 Å². The number of hydrogen-bond acceptors (Lipinski definition) is 1. The fraction of sp³-hybridized carbons (Fsp3) is 0. The summed E-state index contributed by atoms with van der Waals surface area (Å²) < 4.78 is 0.943. The molecule has 0 spiro atoms. The number of para-hydroxylation sites is 2. The molecule has 2 aromatic rings. The second kappa shape index (κ2) is 2.23. The van der Waals surface area contributed by atoms with Gasteiger partial charge in [0.05, 0.1) is 11.0 Å². The number of aromatic amines is 1. The van der Waals surface area contributed by atoms with Crippen LogP contribution >= 0.6 is 22.6 Å². The van der Waals surface area contributed by atoms with Gasteiger partial charge in [-0.25, -0.2) is 4.98 Å². The molecule has 1 aromatic heterocycles. The van der Waals surface area contributed by atoms with Gasteiger partial charge in [-0.2, -0.15) is 0 Å². The average molecular weight is 244 g/mol. The van der Waals surface area contributed by atoms with E-state index in [1.54, 1.807) is 0 Å². The Morgan fingerprint density at radius 1 is 1.30 bits per heavy atom. The van der Waals surface area contributed by atoms with Crippen LogP contribution in [-0.4, -0.2) is 9.97 Å². The monoisotopic (exact) mass is 244 g/mol. The molecule has 0 aliphatic carbocycles. The summed E-state index contributed by atoms with van der Waals surface area (Å²) in [5, 5.41) is 0.